The van der Waals surface area contributed by atoms with E-state index in [-0.39, 0.29) is 11.3 Å². The summed E-state index contributed by atoms with van der Waals surface area (Å²) < 4.78 is 43.5. The quantitative estimate of drug-likeness (QED) is 0.856. The van der Waals surface area contributed by atoms with E-state index >= 15 is 0 Å². The summed E-state index contributed by atoms with van der Waals surface area (Å²) in [7, 11) is 1.32. The van der Waals surface area contributed by atoms with Crippen LogP contribution in [-0.2, 0) is 6.18 Å². The van der Waals surface area contributed by atoms with Crippen LogP contribution in [-0.4, -0.2) is 13.7 Å². The summed E-state index contributed by atoms with van der Waals surface area (Å²) in [6, 6.07) is 3.14. The lowest BCUT2D eigenvalue weighted by Crippen LogP contribution is -2.18. The Balaban J connectivity index is 3.10. The Morgan fingerprint density at radius 1 is 1.33 bits per heavy atom. The van der Waals surface area contributed by atoms with Crippen molar-refractivity contribution in [2.24, 2.45) is 11.5 Å². The van der Waals surface area contributed by atoms with Crippen molar-refractivity contribution in [2.75, 3.05) is 13.7 Å². The molecule has 3 nitrogen and oxygen atoms in total. The van der Waals surface area contributed by atoms with Gasteiger partial charge in [0.2, 0.25) is 0 Å². The van der Waals surface area contributed by atoms with Gasteiger partial charge in [0.1, 0.15) is 5.75 Å². The van der Waals surface area contributed by atoms with Crippen LogP contribution >= 0.6 is 0 Å². The van der Waals surface area contributed by atoms with Crippen molar-refractivity contribution in [1.29, 1.82) is 0 Å². The molecule has 0 fully saturated rings. The second kappa shape index (κ2) is 6.06. The number of halogens is 3. The van der Waals surface area contributed by atoms with Crippen molar-refractivity contribution in [3.05, 3.63) is 29.3 Å². The molecule has 0 aliphatic carbocycles. The summed E-state index contributed by atoms with van der Waals surface area (Å²) >= 11 is 0. The average molecular weight is 262 g/mol. The molecule has 1 atom stereocenters. The van der Waals surface area contributed by atoms with Crippen molar-refractivity contribution >= 4 is 0 Å². The highest BCUT2D eigenvalue weighted by atomic mass is 19.4. The van der Waals surface area contributed by atoms with E-state index in [1.54, 1.807) is 0 Å². The first-order valence-corrected chi connectivity index (χ1v) is 5.61. The third-order valence-corrected chi connectivity index (χ3v) is 2.68. The molecule has 102 valence electrons. The molecular formula is C12H17F3N2O. The minimum Gasteiger partial charge on any atom is -0.497 e. The molecule has 0 unspecified atom stereocenters. The fourth-order valence-electron chi connectivity index (χ4n) is 1.72. The molecule has 0 saturated carbocycles. The number of alkyl halides is 3. The van der Waals surface area contributed by atoms with E-state index in [9.17, 15) is 13.2 Å². The van der Waals surface area contributed by atoms with Gasteiger partial charge in [0, 0.05) is 6.04 Å². The number of hydrogen-bond acceptors (Lipinski definition) is 3. The van der Waals surface area contributed by atoms with Gasteiger partial charge in [-0.2, -0.15) is 13.2 Å². The van der Waals surface area contributed by atoms with Gasteiger partial charge in [-0.15, -0.1) is 0 Å². The molecule has 0 bridgehead atoms. The zero-order chi connectivity index (χ0) is 13.8. The Kier molecular flexibility index (Phi) is 4.98. The molecule has 1 rings (SSSR count). The van der Waals surface area contributed by atoms with E-state index in [0.717, 1.165) is 6.07 Å². The summed E-state index contributed by atoms with van der Waals surface area (Å²) in [5.41, 5.74) is 10.4. The predicted molar refractivity (Wildman–Crippen MR) is 63.2 cm³/mol. The molecule has 0 aromatic heterocycles. The molecule has 0 aliphatic rings. The molecule has 0 radical (unpaired) electrons. The smallest absolute Gasteiger partial charge is 0.416 e. The van der Waals surface area contributed by atoms with Crippen molar-refractivity contribution in [3.63, 3.8) is 0 Å². The van der Waals surface area contributed by atoms with Gasteiger partial charge < -0.3 is 16.2 Å². The summed E-state index contributed by atoms with van der Waals surface area (Å²) in [6.07, 6.45) is -3.43. The normalized spacial score (nSPS) is 13.4. The molecule has 0 heterocycles. The van der Waals surface area contributed by atoms with Crippen LogP contribution in [0.4, 0.5) is 13.2 Å². The number of ether oxygens (including phenoxy) is 1. The minimum absolute atomic E-state index is 0.0803. The topological polar surface area (TPSA) is 61.3 Å². The van der Waals surface area contributed by atoms with Crippen molar-refractivity contribution < 1.29 is 17.9 Å². The third-order valence-electron chi connectivity index (χ3n) is 2.68. The lowest BCUT2D eigenvalue weighted by molar-refractivity contribution is -0.138. The molecule has 18 heavy (non-hydrogen) atoms. The lowest BCUT2D eigenvalue weighted by Gasteiger charge is -2.19. The second-order valence-electron chi connectivity index (χ2n) is 3.99. The minimum atomic E-state index is -4.44. The van der Waals surface area contributed by atoms with E-state index in [2.05, 4.69) is 0 Å². The maximum atomic E-state index is 12.9. The Bertz CT molecular complexity index is 393. The van der Waals surface area contributed by atoms with Crippen LogP contribution in [0.15, 0.2) is 18.2 Å². The molecule has 0 aliphatic heterocycles. The van der Waals surface area contributed by atoms with Crippen LogP contribution in [0.25, 0.3) is 0 Å². The first-order valence-electron chi connectivity index (χ1n) is 5.61. The van der Waals surface area contributed by atoms with Crippen LogP contribution in [0.1, 0.15) is 30.0 Å². The number of methoxy groups -OCH3 is 1. The summed E-state index contributed by atoms with van der Waals surface area (Å²) in [5.74, 6) is 0.164. The van der Waals surface area contributed by atoms with Gasteiger partial charge >= 0.3 is 6.18 Å². The van der Waals surface area contributed by atoms with Gasteiger partial charge in [0.25, 0.3) is 0 Å². The van der Waals surface area contributed by atoms with E-state index < -0.39 is 17.8 Å². The first kappa shape index (κ1) is 14.8. The van der Waals surface area contributed by atoms with Crippen LogP contribution in [0.3, 0.4) is 0 Å². The predicted octanol–water partition coefficient (Wildman–Crippen LogP) is 2.45. The molecule has 6 heteroatoms. The van der Waals surface area contributed by atoms with Gasteiger partial charge in [-0.1, -0.05) is 6.07 Å². The Hall–Kier alpha value is -1.27. The maximum Gasteiger partial charge on any atom is 0.416 e. The SMILES string of the molecule is COc1ccc([C@@H](N)CCCN)c(C(F)(F)F)c1. The van der Waals surface area contributed by atoms with E-state index in [1.807, 2.05) is 0 Å². The van der Waals surface area contributed by atoms with E-state index in [0.29, 0.717) is 19.4 Å². The summed E-state index contributed by atoms with van der Waals surface area (Å²) in [6.45, 7) is 0.408. The Morgan fingerprint density at radius 3 is 2.50 bits per heavy atom. The molecule has 0 amide bonds. The molecule has 1 aromatic carbocycles. The number of nitrogens with two attached hydrogens (primary N) is 2. The largest absolute Gasteiger partial charge is 0.497 e. The van der Waals surface area contributed by atoms with Crippen LogP contribution in [0.2, 0.25) is 0 Å². The van der Waals surface area contributed by atoms with Crippen LogP contribution < -0.4 is 16.2 Å². The molecule has 0 spiro atoms. The van der Waals surface area contributed by atoms with E-state index in [4.69, 9.17) is 16.2 Å². The second-order valence-corrected chi connectivity index (χ2v) is 3.99. The number of hydrogen-bond donors (Lipinski definition) is 2. The number of rotatable bonds is 5. The zero-order valence-corrected chi connectivity index (χ0v) is 10.1. The van der Waals surface area contributed by atoms with Crippen molar-refractivity contribution in [1.82, 2.24) is 0 Å². The highest BCUT2D eigenvalue weighted by molar-refractivity contribution is 5.39. The molecule has 1 aromatic rings. The summed E-state index contributed by atoms with van der Waals surface area (Å²) in [4.78, 5) is 0. The van der Waals surface area contributed by atoms with Gasteiger partial charge in [-0.25, -0.2) is 0 Å². The molecule has 4 N–H and O–H groups in total. The monoisotopic (exact) mass is 262 g/mol. The standard InChI is InChI=1S/C12H17F3N2O/c1-18-8-4-5-9(11(17)3-2-6-16)10(7-8)12(13,14)15/h4-5,7,11H,2-3,6,16-17H2,1H3/t11-/m0/s1. The lowest BCUT2D eigenvalue weighted by atomic mass is 9.97. The van der Waals surface area contributed by atoms with Crippen molar-refractivity contribution in [2.45, 2.75) is 25.1 Å². The fraction of sp³-hybridized carbons (Fsp3) is 0.500. The third kappa shape index (κ3) is 3.61. The maximum absolute atomic E-state index is 12.9. The van der Waals surface area contributed by atoms with Gasteiger partial charge in [0.15, 0.2) is 0 Å². The van der Waals surface area contributed by atoms with Crippen LogP contribution in [0, 0.1) is 0 Å². The van der Waals surface area contributed by atoms with Gasteiger partial charge in [-0.3, -0.25) is 0 Å². The highest BCUT2D eigenvalue weighted by Crippen LogP contribution is 2.37. The van der Waals surface area contributed by atoms with Crippen LogP contribution in [0.5, 0.6) is 5.75 Å². The average Bonchev–Trinajstić information content (AvgIpc) is 2.34. The first-order chi connectivity index (χ1) is 8.40. The van der Waals surface area contributed by atoms with Gasteiger partial charge in [0.05, 0.1) is 12.7 Å². The summed E-state index contributed by atoms with van der Waals surface area (Å²) in [5, 5.41) is 0. The highest BCUT2D eigenvalue weighted by Gasteiger charge is 2.35. The number of benzene rings is 1. The van der Waals surface area contributed by atoms with Gasteiger partial charge in [-0.05, 0) is 37.1 Å². The fourth-order valence-corrected chi connectivity index (χ4v) is 1.72. The Labute approximate surface area is 104 Å². The molecule has 0 saturated heterocycles. The van der Waals surface area contributed by atoms with E-state index in [1.165, 1.54) is 19.2 Å². The van der Waals surface area contributed by atoms with Crippen molar-refractivity contribution in [3.8, 4) is 5.75 Å². The Morgan fingerprint density at radius 2 is 2.00 bits per heavy atom. The zero-order valence-electron chi connectivity index (χ0n) is 10.1. The molecular weight excluding hydrogens is 245 g/mol.